The molecule has 0 atom stereocenters. The van der Waals surface area contributed by atoms with Gasteiger partial charge in [0.15, 0.2) is 0 Å². The zero-order chi connectivity index (χ0) is 11.0. The van der Waals surface area contributed by atoms with E-state index in [1.54, 1.807) is 0 Å². The van der Waals surface area contributed by atoms with Crippen molar-refractivity contribution in [2.75, 3.05) is 10.2 Å². The van der Waals surface area contributed by atoms with E-state index in [9.17, 15) is 0 Å². The molecule has 2 aromatic rings. The van der Waals surface area contributed by atoms with Crippen molar-refractivity contribution in [2.45, 2.75) is 6.92 Å². The summed E-state index contributed by atoms with van der Waals surface area (Å²) in [7, 11) is 0. The van der Waals surface area contributed by atoms with E-state index in [-0.39, 0.29) is 32.7 Å². The summed E-state index contributed by atoms with van der Waals surface area (Å²) in [5.74, 6) is 0. The Labute approximate surface area is 127 Å². The number of nitrogens with zero attached hydrogens (tertiary/aromatic N) is 1. The van der Waals surface area contributed by atoms with Crippen LogP contribution in [0.4, 0.5) is 17.1 Å². The normalized spacial score (nSPS) is 12.6. The molecule has 0 bridgehead atoms. The van der Waals surface area contributed by atoms with Gasteiger partial charge in [-0.15, -0.1) is 0 Å². The van der Waals surface area contributed by atoms with Crippen LogP contribution in [0.2, 0.25) is 0 Å². The Morgan fingerprint density at radius 2 is 1.76 bits per heavy atom. The van der Waals surface area contributed by atoms with Gasteiger partial charge >= 0.3 is 0 Å². The number of rotatable bonds is 1. The quantitative estimate of drug-likeness (QED) is 0.808. The number of aryl methyl sites for hydroxylation is 1. The zero-order valence-corrected chi connectivity index (χ0v) is 12.6. The molecule has 1 heterocycles. The van der Waals surface area contributed by atoms with Crippen molar-refractivity contribution in [3.8, 4) is 0 Å². The largest absolute Gasteiger partial charge is 0.514 e. The molecular formula is C14H13N2Y-. The van der Waals surface area contributed by atoms with E-state index in [0.717, 1.165) is 0 Å². The fourth-order valence-electron chi connectivity index (χ4n) is 2.04. The van der Waals surface area contributed by atoms with Crippen LogP contribution in [0.15, 0.2) is 48.5 Å². The minimum atomic E-state index is 0. The first kappa shape index (κ1) is 12.6. The number of anilines is 3. The summed E-state index contributed by atoms with van der Waals surface area (Å²) in [5.41, 5.74) is 4.86. The zero-order valence-electron chi connectivity index (χ0n) is 9.72. The van der Waals surface area contributed by atoms with Crippen molar-refractivity contribution >= 4 is 17.1 Å². The first-order valence-corrected chi connectivity index (χ1v) is 5.40. The standard InChI is InChI=1S/C14H13N2.Y/c1-11-6-5-9-13-14(11)15-10-16(13)12-7-3-2-4-8-12;/h2-10,15H,1H3;/q-1;. The summed E-state index contributed by atoms with van der Waals surface area (Å²) in [6.45, 7) is 4.13. The molecule has 3 heteroatoms. The summed E-state index contributed by atoms with van der Waals surface area (Å²) in [6, 6.07) is 16.7. The maximum atomic E-state index is 3.32. The molecule has 17 heavy (non-hydrogen) atoms. The van der Waals surface area contributed by atoms with Crippen LogP contribution in [0.5, 0.6) is 0 Å². The third-order valence-corrected chi connectivity index (χ3v) is 2.88. The van der Waals surface area contributed by atoms with Gasteiger partial charge in [-0.3, -0.25) is 0 Å². The van der Waals surface area contributed by atoms with Crippen LogP contribution in [-0.2, 0) is 32.7 Å². The predicted molar refractivity (Wildman–Crippen MR) is 67.7 cm³/mol. The molecule has 1 aliphatic rings. The van der Waals surface area contributed by atoms with Gasteiger partial charge in [0, 0.05) is 49.8 Å². The topological polar surface area (TPSA) is 15.3 Å². The van der Waals surface area contributed by atoms with Crippen LogP contribution in [0.3, 0.4) is 0 Å². The Kier molecular flexibility index (Phi) is 3.85. The van der Waals surface area contributed by atoms with Gasteiger partial charge in [-0.05, 0) is 30.7 Å². The molecule has 0 saturated heterocycles. The van der Waals surface area contributed by atoms with Gasteiger partial charge in [0.2, 0.25) is 0 Å². The average Bonchev–Trinajstić information content (AvgIpc) is 2.75. The van der Waals surface area contributed by atoms with Gasteiger partial charge in [0.1, 0.15) is 0 Å². The van der Waals surface area contributed by atoms with Crippen molar-refractivity contribution < 1.29 is 32.7 Å². The van der Waals surface area contributed by atoms with E-state index >= 15 is 0 Å². The van der Waals surface area contributed by atoms with Crippen LogP contribution in [-0.4, -0.2) is 0 Å². The maximum absolute atomic E-state index is 3.32. The fourth-order valence-corrected chi connectivity index (χ4v) is 2.04. The molecule has 0 aromatic heterocycles. The Balaban J connectivity index is 0.00000108. The Hall–Kier alpha value is -0.856. The van der Waals surface area contributed by atoms with Crippen molar-refractivity contribution in [3.63, 3.8) is 0 Å². The molecular weight excluding hydrogens is 285 g/mol. The number of hydrogen-bond acceptors (Lipinski definition) is 2. The molecule has 0 unspecified atom stereocenters. The number of nitrogens with one attached hydrogen (secondary N) is 1. The molecule has 0 amide bonds. The molecule has 1 aliphatic heterocycles. The minimum absolute atomic E-state index is 0. The molecule has 0 fully saturated rings. The number of para-hydroxylation sites is 2. The Morgan fingerprint density at radius 3 is 2.53 bits per heavy atom. The Morgan fingerprint density at radius 1 is 1.00 bits per heavy atom. The fraction of sp³-hybridized carbons (Fsp3) is 0.0714. The van der Waals surface area contributed by atoms with E-state index in [1.165, 1.54) is 22.6 Å². The van der Waals surface area contributed by atoms with E-state index in [2.05, 4.69) is 59.6 Å². The number of fused-ring (bicyclic) bond motifs is 1. The van der Waals surface area contributed by atoms with E-state index in [4.69, 9.17) is 0 Å². The monoisotopic (exact) mass is 298 g/mol. The number of benzene rings is 2. The van der Waals surface area contributed by atoms with Crippen molar-refractivity contribution in [3.05, 3.63) is 60.8 Å². The van der Waals surface area contributed by atoms with Gasteiger partial charge in [0.05, 0.1) is 0 Å². The van der Waals surface area contributed by atoms with Crippen molar-refractivity contribution in [1.82, 2.24) is 0 Å². The summed E-state index contributed by atoms with van der Waals surface area (Å²) >= 11 is 0. The Bertz CT molecular complexity index is 511. The SMILES string of the molecule is Cc1cccc2c1N[CH-]N2c1ccccc1.[Y]. The van der Waals surface area contributed by atoms with Crippen molar-refractivity contribution in [2.24, 2.45) is 0 Å². The van der Waals surface area contributed by atoms with Crippen LogP contribution in [0.1, 0.15) is 5.56 Å². The second kappa shape index (κ2) is 5.20. The van der Waals surface area contributed by atoms with E-state index < -0.39 is 0 Å². The molecule has 0 aliphatic carbocycles. The maximum Gasteiger partial charge on any atom is 0.0342 e. The third kappa shape index (κ3) is 2.24. The van der Waals surface area contributed by atoms with Gasteiger partial charge in [0.25, 0.3) is 0 Å². The molecule has 1 N–H and O–H groups in total. The van der Waals surface area contributed by atoms with Gasteiger partial charge in [-0.2, -0.15) is 6.67 Å². The first-order chi connectivity index (χ1) is 7.86. The smallest absolute Gasteiger partial charge is 0.0342 e. The predicted octanol–water partition coefficient (Wildman–Crippen LogP) is 3.68. The van der Waals surface area contributed by atoms with Crippen LogP contribution < -0.4 is 10.2 Å². The van der Waals surface area contributed by atoms with E-state index in [1.807, 2.05) is 12.7 Å². The summed E-state index contributed by atoms with van der Waals surface area (Å²) in [5, 5.41) is 3.32. The molecule has 83 valence electrons. The summed E-state index contributed by atoms with van der Waals surface area (Å²) in [4.78, 5) is 2.17. The number of hydrogen-bond donors (Lipinski definition) is 1. The van der Waals surface area contributed by atoms with Crippen molar-refractivity contribution in [1.29, 1.82) is 0 Å². The van der Waals surface area contributed by atoms with Gasteiger partial charge < -0.3 is 10.2 Å². The van der Waals surface area contributed by atoms with Gasteiger partial charge in [-0.25, -0.2) is 0 Å². The van der Waals surface area contributed by atoms with Crippen LogP contribution in [0, 0.1) is 13.6 Å². The van der Waals surface area contributed by atoms with Crippen LogP contribution in [0.25, 0.3) is 0 Å². The molecule has 0 spiro atoms. The first-order valence-electron chi connectivity index (χ1n) is 5.40. The van der Waals surface area contributed by atoms with Crippen LogP contribution >= 0.6 is 0 Å². The molecule has 3 rings (SSSR count). The molecule has 2 nitrogen and oxygen atoms in total. The second-order valence-corrected chi connectivity index (χ2v) is 3.95. The summed E-state index contributed by atoms with van der Waals surface area (Å²) < 4.78 is 0. The van der Waals surface area contributed by atoms with E-state index in [0.29, 0.717) is 0 Å². The molecule has 1 radical (unpaired) electrons. The van der Waals surface area contributed by atoms with Gasteiger partial charge in [-0.1, -0.05) is 30.3 Å². The molecule has 2 aromatic carbocycles. The molecule has 0 saturated carbocycles. The second-order valence-electron chi connectivity index (χ2n) is 3.95. The average molecular weight is 298 g/mol. The third-order valence-electron chi connectivity index (χ3n) is 2.88. The summed E-state index contributed by atoms with van der Waals surface area (Å²) in [6.07, 6.45) is 0. The minimum Gasteiger partial charge on any atom is -0.514 e.